The van der Waals surface area contributed by atoms with E-state index in [0.29, 0.717) is 0 Å². The van der Waals surface area contributed by atoms with E-state index < -0.39 is 0 Å². The molecule has 0 aromatic heterocycles. The molecule has 1 aliphatic heterocycles. The highest BCUT2D eigenvalue weighted by atomic mass is 16.7. The Morgan fingerprint density at radius 3 is 2.48 bits per heavy atom. The summed E-state index contributed by atoms with van der Waals surface area (Å²) in [6.07, 6.45) is 10.4. The molecule has 1 spiro atoms. The first-order valence-electron chi connectivity index (χ1n) is 9.25. The van der Waals surface area contributed by atoms with Crippen LogP contribution in [0.2, 0.25) is 0 Å². The van der Waals surface area contributed by atoms with E-state index in [1.807, 2.05) is 0 Å². The SMILES string of the molecule is CCCCC1CCC2(CC1)OCC(CN(CC)CCC)O2. The average molecular weight is 297 g/mol. The minimum atomic E-state index is -0.223. The number of rotatable bonds is 8. The molecule has 0 aromatic carbocycles. The van der Waals surface area contributed by atoms with Gasteiger partial charge in [0.05, 0.1) is 12.7 Å². The van der Waals surface area contributed by atoms with Crippen LogP contribution in [-0.2, 0) is 9.47 Å². The van der Waals surface area contributed by atoms with Gasteiger partial charge in [-0.3, -0.25) is 0 Å². The summed E-state index contributed by atoms with van der Waals surface area (Å²) in [6.45, 7) is 10.9. The van der Waals surface area contributed by atoms with Crippen molar-refractivity contribution in [3.05, 3.63) is 0 Å². The van der Waals surface area contributed by atoms with E-state index in [1.54, 1.807) is 0 Å². The molecule has 2 rings (SSSR count). The van der Waals surface area contributed by atoms with Gasteiger partial charge >= 0.3 is 0 Å². The van der Waals surface area contributed by atoms with E-state index in [9.17, 15) is 0 Å². The lowest BCUT2D eigenvalue weighted by Gasteiger charge is -2.36. The molecule has 1 aliphatic carbocycles. The third kappa shape index (κ3) is 4.94. The van der Waals surface area contributed by atoms with Crippen LogP contribution in [0.15, 0.2) is 0 Å². The highest BCUT2D eigenvalue weighted by molar-refractivity contribution is 4.86. The van der Waals surface area contributed by atoms with Crippen molar-refractivity contribution >= 4 is 0 Å². The van der Waals surface area contributed by atoms with Crippen LogP contribution in [0.4, 0.5) is 0 Å². The van der Waals surface area contributed by atoms with Gasteiger partial charge in [-0.2, -0.15) is 0 Å². The second-order valence-electron chi connectivity index (χ2n) is 6.94. The Hall–Kier alpha value is -0.120. The van der Waals surface area contributed by atoms with Crippen LogP contribution in [0.3, 0.4) is 0 Å². The Labute approximate surface area is 131 Å². The molecule has 1 saturated carbocycles. The van der Waals surface area contributed by atoms with Crippen molar-refractivity contribution in [2.24, 2.45) is 5.92 Å². The van der Waals surface area contributed by atoms with Crippen LogP contribution < -0.4 is 0 Å². The maximum absolute atomic E-state index is 6.36. The lowest BCUT2D eigenvalue weighted by molar-refractivity contribution is -0.193. The van der Waals surface area contributed by atoms with E-state index >= 15 is 0 Å². The van der Waals surface area contributed by atoms with Crippen molar-refractivity contribution in [3.63, 3.8) is 0 Å². The second-order valence-corrected chi connectivity index (χ2v) is 6.94. The maximum atomic E-state index is 6.36. The fourth-order valence-corrected chi connectivity index (χ4v) is 3.85. The number of hydrogen-bond donors (Lipinski definition) is 0. The molecular formula is C18H35NO2. The summed E-state index contributed by atoms with van der Waals surface area (Å²) < 4.78 is 12.5. The Morgan fingerprint density at radius 1 is 1.10 bits per heavy atom. The molecule has 124 valence electrons. The Bertz CT molecular complexity index is 287. The first-order chi connectivity index (χ1) is 10.2. The van der Waals surface area contributed by atoms with Crippen molar-refractivity contribution in [3.8, 4) is 0 Å². The van der Waals surface area contributed by atoms with Crippen molar-refractivity contribution < 1.29 is 9.47 Å². The molecular weight excluding hydrogens is 262 g/mol. The van der Waals surface area contributed by atoms with Gasteiger partial charge in [-0.1, -0.05) is 40.0 Å². The zero-order valence-corrected chi connectivity index (χ0v) is 14.4. The molecule has 0 radical (unpaired) electrons. The lowest BCUT2D eigenvalue weighted by Crippen LogP contribution is -2.38. The van der Waals surface area contributed by atoms with Gasteiger partial charge in [-0.05, 0) is 38.3 Å². The quantitative estimate of drug-likeness (QED) is 0.670. The van der Waals surface area contributed by atoms with Crippen molar-refractivity contribution in [2.75, 3.05) is 26.2 Å². The minimum absolute atomic E-state index is 0.223. The number of hydrogen-bond acceptors (Lipinski definition) is 3. The molecule has 2 aliphatic rings. The number of likely N-dealkylation sites (N-methyl/N-ethyl adjacent to an activating group) is 1. The molecule has 21 heavy (non-hydrogen) atoms. The number of ether oxygens (including phenoxy) is 2. The fourth-order valence-electron chi connectivity index (χ4n) is 3.85. The van der Waals surface area contributed by atoms with Gasteiger partial charge in [0.2, 0.25) is 0 Å². The summed E-state index contributed by atoms with van der Waals surface area (Å²) in [4.78, 5) is 2.49. The van der Waals surface area contributed by atoms with Gasteiger partial charge < -0.3 is 14.4 Å². The predicted molar refractivity (Wildman–Crippen MR) is 87.4 cm³/mol. The van der Waals surface area contributed by atoms with Gasteiger partial charge in [0, 0.05) is 19.4 Å². The van der Waals surface area contributed by atoms with Crippen LogP contribution >= 0.6 is 0 Å². The average Bonchev–Trinajstić information content (AvgIpc) is 2.89. The number of nitrogens with zero attached hydrogens (tertiary/aromatic N) is 1. The maximum Gasteiger partial charge on any atom is 0.168 e. The Balaban J connectivity index is 1.74. The van der Waals surface area contributed by atoms with Crippen molar-refractivity contribution in [1.82, 2.24) is 4.90 Å². The van der Waals surface area contributed by atoms with E-state index in [1.165, 1.54) is 45.1 Å². The molecule has 2 fully saturated rings. The summed E-state index contributed by atoms with van der Waals surface area (Å²) in [5.41, 5.74) is 0. The molecule has 3 heteroatoms. The molecule has 0 aromatic rings. The van der Waals surface area contributed by atoms with Crippen molar-refractivity contribution in [1.29, 1.82) is 0 Å². The van der Waals surface area contributed by atoms with Crippen LogP contribution in [-0.4, -0.2) is 43.0 Å². The van der Waals surface area contributed by atoms with Crippen LogP contribution in [0.5, 0.6) is 0 Å². The van der Waals surface area contributed by atoms with Gasteiger partial charge in [-0.25, -0.2) is 0 Å². The van der Waals surface area contributed by atoms with Crippen LogP contribution in [0.25, 0.3) is 0 Å². The zero-order chi connectivity index (χ0) is 15.1. The van der Waals surface area contributed by atoms with E-state index in [0.717, 1.165) is 38.5 Å². The van der Waals surface area contributed by atoms with Gasteiger partial charge in [0.15, 0.2) is 5.79 Å². The third-order valence-corrected chi connectivity index (χ3v) is 5.20. The Morgan fingerprint density at radius 2 is 1.86 bits per heavy atom. The summed E-state index contributed by atoms with van der Waals surface area (Å²) in [7, 11) is 0. The zero-order valence-electron chi connectivity index (χ0n) is 14.4. The van der Waals surface area contributed by atoms with Gasteiger partial charge in [-0.15, -0.1) is 0 Å². The summed E-state index contributed by atoms with van der Waals surface area (Å²) in [6, 6.07) is 0. The van der Waals surface area contributed by atoms with Gasteiger partial charge in [0.25, 0.3) is 0 Å². The molecule has 0 bridgehead atoms. The second kappa shape index (κ2) is 8.50. The molecule has 0 N–H and O–H groups in total. The summed E-state index contributed by atoms with van der Waals surface area (Å²) in [5.74, 6) is 0.688. The fraction of sp³-hybridized carbons (Fsp3) is 1.00. The van der Waals surface area contributed by atoms with Crippen LogP contribution in [0.1, 0.15) is 72.1 Å². The highest BCUT2D eigenvalue weighted by Gasteiger charge is 2.44. The largest absolute Gasteiger partial charge is 0.347 e. The molecule has 3 nitrogen and oxygen atoms in total. The van der Waals surface area contributed by atoms with E-state index in [2.05, 4.69) is 25.7 Å². The topological polar surface area (TPSA) is 21.7 Å². The molecule has 0 amide bonds. The first-order valence-corrected chi connectivity index (χ1v) is 9.25. The molecule has 1 heterocycles. The smallest absolute Gasteiger partial charge is 0.168 e. The minimum Gasteiger partial charge on any atom is -0.347 e. The Kier molecular flexibility index (Phi) is 6.97. The van der Waals surface area contributed by atoms with Crippen molar-refractivity contribution in [2.45, 2.75) is 84.0 Å². The lowest BCUT2D eigenvalue weighted by atomic mass is 9.82. The third-order valence-electron chi connectivity index (χ3n) is 5.20. The summed E-state index contributed by atoms with van der Waals surface area (Å²) >= 11 is 0. The van der Waals surface area contributed by atoms with Gasteiger partial charge in [0.1, 0.15) is 0 Å². The molecule has 1 saturated heterocycles. The normalized spacial score (nSPS) is 33.1. The molecule has 1 unspecified atom stereocenters. The summed E-state index contributed by atoms with van der Waals surface area (Å²) in [5, 5.41) is 0. The van der Waals surface area contributed by atoms with Crippen LogP contribution in [0, 0.1) is 5.92 Å². The van der Waals surface area contributed by atoms with E-state index in [4.69, 9.17) is 9.47 Å². The first kappa shape index (κ1) is 17.2. The monoisotopic (exact) mass is 297 g/mol. The predicted octanol–water partition coefficient (Wildman–Crippen LogP) is 4.21. The highest BCUT2D eigenvalue weighted by Crippen LogP contribution is 2.41. The van der Waals surface area contributed by atoms with E-state index in [-0.39, 0.29) is 11.9 Å². The standard InChI is InChI=1S/C18H35NO2/c1-4-7-8-16-9-11-18(12-10-16)20-15-17(21-18)14-19(6-3)13-5-2/h16-17H,4-15H2,1-3H3. The number of unbranched alkanes of at least 4 members (excludes halogenated alkanes) is 1. The molecule has 1 atom stereocenters.